The average molecular weight is 362 g/mol. The Kier molecular flexibility index (Phi) is 4.45. The first-order valence-corrected chi connectivity index (χ1v) is 7.64. The van der Waals surface area contributed by atoms with Gasteiger partial charge in [0.25, 0.3) is 0 Å². The van der Waals surface area contributed by atoms with E-state index in [1.807, 2.05) is 0 Å². The van der Waals surface area contributed by atoms with Crippen molar-refractivity contribution in [1.82, 2.24) is 0 Å². The lowest BCUT2D eigenvalue weighted by Gasteiger charge is -2.11. The predicted molar refractivity (Wildman–Crippen MR) is 93.4 cm³/mol. The summed E-state index contributed by atoms with van der Waals surface area (Å²) in [6, 6.07) is 2.91. The molecule has 7 nitrogen and oxygen atoms in total. The fourth-order valence-corrected chi connectivity index (χ4v) is 2.58. The van der Waals surface area contributed by atoms with Crippen LogP contribution in [-0.4, -0.2) is 25.1 Å². The molecule has 3 rings (SSSR count). The van der Waals surface area contributed by atoms with Crippen molar-refractivity contribution in [3.8, 4) is 11.5 Å². The number of hydrogen-bond acceptors (Lipinski definition) is 8. The predicted octanol–water partition coefficient (Wildman–Crippen LogP) is 2.99. The van der Waals surface area contributed by atoms with Crippen LogP contribution in [0.25, 0.3) is 21.9 Å². The third-order valence-corrected chi connectivity index (χ3v) is 3.76. The van der Waals surface area contributed by atoms with Crippen molar-refractivity contribution in [2.45, 2.75) is 13.5 Å². The Balaban J connectivity index is 2.23. The first kappa shape index (κ1) is 17.0. The number of benzene rings is 1. The summed E-state index contributed by atoms with van der Waals surface area (Å²) in [6.45, 7) is 1.22. The molecule has 0 aliphatic rings. The Morgan fingerprint density at radius 1 is 1.20 bits per heavy atom. The van der Waals surface area contributed by atoms with Gasteiger partial charge in [-0.3, -0.25) is 4.79 Å². The quantitative estimate of drug-likeness (QED) is 0.506. The van der Waals surface area contributed by atoms with Crippen LogP contribution in [0, 0.1) is 0 Å². The SMILES string of the molecule is COc1c2occc2c(OC)c2c(=O)cc(COC(=O)C(C)=S)oc12. The van der Waals surface area contributed by atoms with Crippen LogP contribution in [0.1, 0.15) is 12.7 Å². The van der Waals surface area contributed by atoms with Gasteiger partial charge in [-0.1, -0.05) is 12.2 Å². The standard InChI is InChI=1S/C17H14O7S/c1-8(25)17(19)23-7-9-6-11(18)12-13(20-2)10-4-5-22-14(10)16(21-3)15(12)24-9/h4-6H,7H2,1-3H3. The van der Waals surface area contributed by atoms with Crippen LogP contribution in [0.2, 0.25) is 0 Å². The fourth-order valence-electron chi connectivity index (χ4n) is 2.53. The van der Waals surface area contributed by atoms with Crippen LogP contribution in [0.3, 0.4) is 0 Å². The number of furan rings is 1. The average Bonchev–Trinajstić information content (AvgIpc) is 3.06. The van der Waals surface area contributed by atoms with E-state index in [1.54, 1.807) is 6.07 Å². The third-order valence-electron chi connectivity index (χ3n) is 3.59. The summed E-state index contributed by atoms with van der Waals surface area (Å²) < 4.78 is 26.9. The molecule has 0 bridgehead atoms. The van der Waals surface area contributed by atoms with Gasteiger partial charge >= 0.3 is 5.97 Å². The Morgan fingerprint density at radius 3 is 2.56 bits per heavy atom. The third kappa shape index (κ3) is 2.85. The summed E-state index contributed by atoms with van der Waals surface area (Å²) in [7, 11) is 2.89. The van der Waals surface area contributed by atoms with Gasteiger partial charge in [0, 0.05) is 6.07 Å². The number of methoxy groups -OCH3 is 2. The Bertz CT molecular complexity index is 1040. The monoisotopic (exact) mass is 362 g/mol. The summed E-state index contributed by atoms with van der Waals surface area (Å²) in [4.78, 5) is 24.2. The molecule has 0 aliphatic heterocycles. The molecule has 0 atom stereocenters. The van der Waals surface area contributed by atoms with Gasteiger partial charge in [-0.25, -0.2) is 4.79 Å². The molecule has 0 unspecified atom stereocenters. The maximum absolute atomic E-state index is 12.6. The molecule has 25 heavy (non-hydrogen) atoms. The molecular weight excluding hydrogens is 348 g/mol. The molecule has 0 amide bonds. The number of ether oxygens (including phenoxy) is 3. The molecule has 0 saturated carbocycles. The lowest BCUT2D eigenvalue weighted by atomic mass is 10.1. The van der Waals surface area contributed by atoms with Gasteiger partial charge in [0.05, 0.1) is 30.7 Å². The summed E-state index contributed by atoms with van der Waals surface area (Å²) in [5.74, 6) is 0.0795. The molecule has 0 radical (unpaired) electrons. The maximum atomic E-state index is 12.6. The van der Waals surface area contributed by atoms with Gasteiger partial charge in [0.15, 0.2) is 16.6 Å². The van der Waals surface area contributed by atoms with Gasteiger partial charge in [-0.2, -0.15) is 0 Å². The molecule has 130 valence electrons. The summed E-state index contributed by atoms with van der Waals surface area (Å²) >= 11 is 4.74. The molecule has 0 N–H and O–H groups in total. The van der Waals surface area contributed by atoms with Crippen molar-refractivity contribution in [2.75, 3.05) is 14.2 Å². The Labute approximate surface area is 147 Å². The van der Waals surface area contributed by atoms with Crippen LogP contribution in [0.15, 0.2) is 32.0 Å². The first-order valence-electron chi connectivity index (χ1n) is 7.23. The van der Waals surface area contributed by atoms with Crippen molar-refractivity contribution in [3.63, 3.8) is 0 Å². The van der Waals surface area contributed by atoms with E-state index in [9.17, 15) is 9.59 Å². The van der Waals surface area contributed by atoms with Crippen LogP contribution in [0.4, 0.5) is 0 Å². The number of carbonyl (C=O) groups is 1. The van der Waals surface area contributed by atoms with Gasteiger partial charge in [0.1, 0.15) is 23.5 Å². The molecule has 0 aliphatic carbocycles. The van der Waals surface area contributed by atoms with Crippen LogP contribution in [0.5, 0.6) is 11.5 Å². The highest BCUT2D eigenvalue weighted by molar-refractivity contribution is 7.82. The minimum Gasteiger partial charge on any atom is -0.495 e. The molecule has 8 heteroatoms. The lowest BCUT2D eigenvalue weighted by Crippen LogP contribution is -2.13. The number of hydrogen-bond donors (Lipinski definition) is 0. The maximum Gasteiger partial charge on any atom is 0.345 e. The van der Waals surface area contributed by atoms with Crippen molar-refractivity contribution < 1.29 is 27.8 Å². The molecule has 0 saturated heterocycles. The van der Waals surface area contributed by atoms with E-state index >= 15 is 0 Å². The van der Waals surface area contributed by atoms with Crippen LogP contribution in [-0.2, 0) is 16.1 Å². The van der Waals surface area contributed by atoms with Crippen molar-refractivity contribution >= 4 is 45.0 Å². The van der Waals surface area contributed by atoms with E-state index in [1.165, 1.54) is 33.5 Å². The minimum atomic E-state index is -0.649. The largest absolute Gasteiger partial charge is 0.495 e. The number of thiocarbonyl (C=S) groups is 1. The van der Waals surface area contributed by atoms with E-state index in [4.69, 9.17) is 35.3 Å². The molecule has 2 aromatic heterocycles. The Hall–Kier alpha value is -2.87. The van der Waals surface area contributed by atoms with E-state index < -0.39 is 5.97 Å². The second kappa shape index (κ2) is 6.56. The van der Waals surface area contributed by atoms with Gasteiger partial charge < -0.3 is 23.0 Å². The highest BCUT2D eigenvalue weighted by atomic mass is 32.1. The normalized spacial score (nSPS) is 10.8. The van der Waals surface area contributed by atoms with Crippen LogP contribution < -0.4 is 14.9 Å². The molecule has 0 spiro atoms. The van der Waals surface area contributed by atoms with Crippen molar-refractivity contribution in [2.24, 2.45) is 0 Å². The zero-order valence-electron chi connectivity index (χ0n) is 13.7. The number of rotatable bonds is 5. The van der Waals surface area contributed by atoms with E-state index in [2.05, 4.69) is 0 Å². The second-order valence-corrected chi connectivity index (χ2v) is 5.76. The topological polar surface area (TPSA) is 88.1 Å². The Morgan fingerprint density at radius 2 is 1.92 bits per heavy atom. The van der Waals surface area contributed by atoms with Crippen molar-refractivity contribution in [3.05, 3.63) is 34.4 Å². The summed E-state index contributed by atoms with van der Waals surface area (Å²) in [5, 5.41) is 0.809. The second-order valence-electron chi connectivity index (χ2n) is 5.14. The smallest absolute Gasteiger partial charge is 0.345 e. The van der Waals surface area contributed by atoms with Gasteiger partial charge in [-0.05, 0) is 13.0 Å². The zero-order valence-corrected chi connectivity index (χ0v) is 14.5. The highest BCUT2D eigenvalue weighted by Gasteiger charge is 2.23. The van der Waals surface area contributed by atoms with Crippen molar-refractivity contribution in [1.29, 1.82) is 0 Å². The van der Waals surface area contributed by atoms with Crippen LogP contribution >= 0.6 is 12.2 Å². The highest BCUT2D eigenvalue weighted by Crippen LogP contribution is 2.41. The molecule has 0 fully saturated rings. The number of esters is 1. The fraction of sp³-hybridized carbons (Fsp3) is 0.235. The molecule has 1 aromatic carbocycles. The molecule has 2 heterocycles. The van der Waals surface area contributed by atoms with E-state index in [-0.39, 0.29) is 39.4 Å². The van der Waals surface area contributed by atoms with E-state index in [0.717, 1.165) is 0 Å². The molecular formula is C17H14O7S. The van der Waals surface area contributed by atoms with Gasteiger partial charge in [-0.15, -0.1) is 0 Å². The van der Waals surface area contributed by atoms with E-state index in [0.29, 0.717) is 16.7 Å². The minimum absolute atomic E-state index is 0.0830. The summed E-state index contributed by atoms with van der Waals surface area (Å²) in [6.07, 6.45) is 1.46. The molecule has 3 aromatic rings. The zero-order chi connectivity index (χ0) is 18.1. The summed E-state index contributed by atoms with van der Waals surface area (Å²) in [5.41, 5.74) is 0.183. The number of fused-ring (bicyclic) bond motifs is 2. The first-order chi connectivity index (χ1) is 12.0. The lowest BCUT2D eigenvalue weighted by molar-refractivity contribution is -0.137. The number of carbonyl (C=O) groups excluding carboxylic acids is 1. The van der Waals surface area contributed by atoms with Gasteiger partial charge in [0.2, 0.25) is 5.75 Å².